The normalized spacial score (nSPS) is 30.5. The molecule has 0 N–H and O–H groups in total. The summed E-state index contributed by atoms with van der Waals surface area (Å²) < 4.78 is 0. The van der Waals surface area contributed by atoms with Crippen LogP contribution in [0, 0.1) is 5.41 Å². The lowest BCUT2D eigenvalue weighted by molar-refractivity contribution is -0.123. The molecule has 0 aromatic heterocycles. The van der Waals surface area contributed by atoms with Crippen LogP contribution in [0.15, 0.2) is 0 Å². The van der Waals surface area contributed by atoms with Crippen molar-refractivity contribution in [1.29, 1.82) is 0 Å². The van der Waals surface area contributed by atoms with Gasteiger partial charge in [-0.3, -0.25) is 9.69 Å². The summed E-state index contributed by atoms with van der Waals surface area (Å²) >= 11 is 0. The van der Waals surface area contributed by atoms with Gasteiger partial charge in [0.2, 0.25) is 0 Å². The Morgan fingerprint density at radius 3 is 2.73 bits per heavy atom. The second kappa shape index (κ2) is 4.25. The van der Waals surface area contributed by atoms with Gasteiger partial charge in [-0.1, -0.05) is 13.3 Å². The molecule has 15 heavy (non-hydrogen) atoms. The zero-order valence-corrected chi connectivity index (χ0v) is 10.1. The number of piperidine rings is 1. The molecule has 0 radical (unpaired) electrons. The smallest absolute Gasteiger partial charge is 0.135 e. The van der Waals surface area contributed by atoms with Crippen LogP contribution in [0.5, 0.6) is 0 Å². The van der Waals surface area contributed by atoms with E-state index in [-0.39, 0.29) is 0 Å². The molecule has 0 aromatic carbocycles. The van der Waals surface area contributed by atoms with Crippen molar-refractivity contribution in [2.24, 2.45) is 5.41 Å². The first-order chi connectivity index (χ1) is 7.15. The number of ketones is 1. The van der Waals surface area contributed by atoms with Crippen LogP contribution in [0.25, 0.3) is 0 Å². The summed E-state index contributed by atoms with van der Waals surface area (Å²) in [5.74, 6) is 0.457. The number of carbonyl (C=O) groups excluding carboxylic acids is 1. The van der Waals surface area contributed by atoms with Crippen LogP contribution in [0.3, 0.4) is 0 Å². The molecule has 2 rings (SSSR count). The van der Waals surface area contributed by atoms with Crippen molar-refractivity contribution in [3.63, 3.8) is 0 Å². The van der Waals surface area contributed by atoms with Crippen LogP contribution >= 0.6 is 0 Å². The van der Waals surface area contributed by atoms with Gasteiger partial charge < -0.3 is 0 Å². The highest BCUT2D eigenvalue weighted by Crippen LogP contribution is 2.50. The molecule has 0 amide bonds. The van der Waals surface area contributed by atoms with Crippen LogP contribution in [0.4, 0.5) is 0 Å². The topological polar surface area (TPSA) is 20.3 Å². The summed E-state index contributed by atoms with van der Waals surface area (Å²) in [4.78, 5) is 13.8. The highest BCUT2D eigenvalue weighted by atomic mass is 16.1. The maximum Gasteiger partial charge on any atom is 0.135 e. The Labute approximate surface area is 93.0 Å². The highest BCUT2D eigenvalue weighted by molar-refractivity contribution is 5.79. The lowest BCUT2D eigenvalue weighted by Gasteiger charge is -2.35. The molecule has 1 saturated heterocycles. The minimum Gasteiger partial charge on any atom is -0.300 e. The van der Waals surface area contributed by atoms with E-state index in [2.05, 4.69) is 18.7 Å². The van der Waals surface area contributed by atoms with E-state index in [0.29, 0.717) is 17.2 Å². The fourth-order valence-electron chi connectivity index (χ4n) is 2.91. The third kappa shape index (κ3) is 2.60. The summed E-state index contributed by atoms with van der Waals surface area (Å²) in [6, 6.07) is 0.487. The molecule has 2 nitrogen and oxygen atoms in total. The molecule has 1 unspecified atom stereocenters. The SMILES string of the molecule is CCCC1(CN2CCC(=O)CC2C)CC1. The highest BCUT2D eigenvalue weighted by Gasteiger charge is 2.43. The molecule has 0 aromatic rings. The van der Waals surface area contributed by atoms with Gasteiger partial charge in [0.05, 0.1) is 0 Å². The van der Waals surface area contributed by atoms with Crippen LogP contribution in [-0.2, 0) is 4.79 Å². The van der Waals surface area contributed by atoms with Gasteiger partial charge in [-0.2, -0.15) is 0 Å². The predicted molar refractivity (Wildman–Crippen MR) is 61.9 cm³/mol. The molecule has 0 bridgehead atoms. The predicted octanol–water partition coefficient (Wildman–Crippen LogP) is 2.62. The maximum absolute atomic E-state index is 11.3. The number of nitrogens with zero attached hydrogens (tertiary/aromatic N) is 1. The number of carbonyl (C=O) groups is 1. The summed E-state index contributed by atoms with van der Waals surface area (Å²) in [5.41, 5.74) is 0.642. The standard InChI is InChI=1S/C13H23NO/c1-3-5-13(6-7-13)10-14-8-4-12(15)9-11(14)2/h11H,3-10H2,1-2H3. The van der Waals surface area contributed by atoms with Gasteiger partial charge in [-0.05, 0) is 31.6 Å². The Kier molecular flexibility index (Phi) is 3.15. The van der Waals surface area contributed by atoms with Crippen LogP contribution in [-0.4, -0.2) is 29.8 Å². The van der Waals surface area contributed by atoms with Gasteiger partial charge in [-0.15, -0.1) is 0 Å². The number of Topliss-reactive ketones (excluding diaryl/α,β-unsaturated/α-hetero) is 1. The van der Waals surface area contributed by atoms with E-state index in [0.717, 1.165) is 19.4 Å². The molecule has 2 aliphatic rings. The molecule has 1 saturated carbocycles. The van der Waals surface area contributed by atoms with Gasteiger partial charge >= 0.3 is 0 Å². The molecular weight excluding hydrogens is 186 g/mol. The molecule has 86 valence electrons. The number of likely N-dealkylation sites (tertiary alicyclic amines) is 1. The minimum atomic E-state index is 0.457. The fraction of sp³-hybridized carbons (Fsp3) is 0.923. The first kappa shape index (κ1) is 11.1. The van der Waals surface area contributed by atoms with Gasteiger partial charge in [0.1, 0.15) is 5.78 Å². The quantitative estimate of drug-likeness (QED) is 0.709. The Morgan fingerprint density at radius 2 is 2.20 bits per heavy atom. The second-order valence-electron chi connectivity index (χ2n) is 5.56. The van der Waals surface area contributed by atoms with Crippen molar-refractivity contribution in [1.82, 2.24) is 4.90 Å². The van der Waals surface area contributed by atoms with Crippen LogP contribution in [0.2, 0.25) is 0 Å². The van der Waals surface area contributed by atoms with Crippen molar-refractivity contribution in [2.75, 3.05) is 13.1 Å². The van der Waals surface area contributed by atoms with Gasteiger partial charge in [0.15, 0.2) is 0 Å². The molecule has 1 heterocycles. The largest absolute Gasteiger partial charge is 0.300 e. The lowest BCUT2D eigenvalue weighted by Crippen LogP contribution is -2.43. The third-order valence-electron chi connectivity index (χ3n) is 4.10. The Bertz CT molecular complexity index is 245. The van der Waals surface area contributed by atoms with E-state index < -0.39 is 0 Å². The lowest BCUT2D eigenvalue weighted by atomic mass is 9.95. The van der Waals surface area contributed by atoms with E-state index in [1.54, 1.807) is 0 Å². The van der Waals surface area contributed by atoms with E-state index in [4.69, 9.17) is 0 Å². The second-order valence-corrected chi connectivity index (χ2v) is 5.56. The molecule has 2 heteroatoms. The van der Waals surface area contributed by atoms with Crippen molar-refractivity contribution >= 4 is 5.78 Å². The molecule has 1 atom stereocenters. The average Bonchev–Trinajstić information content (AvgIpc) is 2.91. The first-order valence-electron chi connectivity index (χ1n) is 6.41. The number of hydrogen-bond acceptors (Lipinski definition) is 2. The van der Waals surface area contributed by atoms with Crippen molar-refractivity contribution < 1.29 is 4.79 Å². The molecule has 0 spiro atoms. The molecule has 1 aliphatic heterocycles. The van der Waals surface area contributed by atoms with Crippen LogP contribution < -0.4 is 0 Å². The summed E-state index contributed by atoms with van der Waals surface area (Å²) in [6.07, 6.45) is 7.08. The average molecular weight is 209 g/mol. The van der Waals surface area contributed by atoms with Gasteiger partial charge in [-0.25, -0.2) is 0 Å². The molecular formula is C13H23NO. The summed E-state index contributed by atoms with van der Waals surface area (Å²) in [6.45, 7) is 6.74. The zero-order chi connectivity index (χ0) is 10.9. The van der Waals surface area contributed by atoms with Crippen molar-refractivity contribution in [3.8, 4) is 0 Å². The van der Waals surface area contributed by atoms with E-state index in [1.165, 1.54) is 32.2 Å². The van der Waals surface area contributed by atoms with Gasteiger partial charge in [0, 0.05) is 32.0 Å². The fourth-order valence-corrected chi connectivity index (χ4v) is 2.91. The minimum absolute atomic E-state index is 0.457. The third-order valence-corrected chi connectivity index (χ3v) is 4.10. The van der Waals surface area contributed by atoms with E-state index in [1.807, 2.05) is 0 Å². The Hall–Kier alpha value is -0.370. The maximum atomic E-state index is 11.3. The monoisotopic (exact) mass is 209 g/mol. The van der Waals surface area contributed by atoms with Crippen molar-refractivity contribution in [3.05, 3.63) is 0 Å². The zero-order valence-electron chi connectivity index (χ0n) is 10.1. The first-order valence-corrected chi connectivity index (χ1v) is 6.41. The Morgan fingerprint density at radius 1 is 1.47 bits per heavy atom. The summed E-state index contributed by atoms with van der Waals surface area (Å²) in [7, 11) is 0. The molecule has 2 fully saturated rings. The van der Waals surface area contributed by atoms with E-state index in [9.17, 15) is 4.79 Å². The number of hydrogen-bond donors (Lipinski definition) is 0. The van der Waals surface area contributed by atoms with Gasteiger partial charge in [0.25, 0.3) is 0 Å². The molecule has 1 aliphatic carbocycles. The Balaban J connectivity index is 1.86. The van der Waals surface area contributed by atoms with E-state index >= 15 is 0 Å². The van der Waals surface area contributed by atoms with Crippen molar-refractivity contribution in [2.45, 2.75) is 58.4 Å². The number of rotatable bonds is 4. The van der Waals surface area contributed by atoms with Crippen LogP contribution in [0.1, 0.15) is 52.4 Å². The summed E-state index contributed by atoms with van der Waals surface area (Å²) in [5, 5.41) is 0.